The number of ketones is 1. The Morgan fingerprint density at radius 2 is 1.80 bits per heavy atom. The highest BCUT2D eigenvalue weighted by Gasteiger charge is 2.15. The number of carbonyl (C=O) groups is 1. The van der Waals surface area contributed by atoms with Gasteiger partial charge in [-0.3, -0.25) is 4.79 Å². The first-order valence-electron chi connectivity index (χ1n) is 8.16. The third kappa shape index (κ3) is 3.66. The predicted molar refractivity (Wildman–Crippen MR) is 102 cm³/mol. The largest absolute Gasteiger partial charge is 0.305 e. The van der Waals surface area contributed by atoms with E-state index in [1.807, 2.05) is 61.9 Å². The van der Waals surface area contributed by atoms with Gasteiger partial charge in [-0.05, 0) is 38.0 Å². The summed E-state index contributed by atoms with van der Waals surface area (Å²) in [4.78, 5) is 12.6. The number of Topliss-reactive ketones (excluding diaryl/α,β-unsaturated/α-hetero) is 1. The van der Waals surface area contributed by atoms with Crippen molar-refractivity contribution in [3.63, 3.8) is 0 Å². The molecule has 0 amide bonds. The lowest BCUT2D eigenvalue weighted by Crippen LogP contribution is -2.06. The lowest BCUT2D eigenvalue weighted by atomic mass is 10.0. The summed E-state index contributed by atoms with van der Waals surface area (Å²) in [5.41, 5.74) is 5.11. The van der Waals surface area contributed by atoms with E-state index in [9.17, 15) is 4.79 Å². The van der Waals surface area contributed by atoms with Gasteiger partial charge in [-0.25, -0.2) is 0 Å². The highest BCUT2D eigenvalue weighted by molar-refractivity contribution is 7.99. The van der Waals surface area contributed by atoms with Gasteiger partial charge >= 0.3 is 0 Å². The molecule has 0 aliphatic carbocycles. The summed E-state index contributed by atoms with van der Waals surface area (Å²) in [5, 5.41) is 9.32. The highest BCUT2D eigenvalue weighted by atomic mass is 32.2. The molecule has 1 aromatic heterocycles. The molecular formula is C20H21N3OS. The zero-order chi connectivity index (χ0) is 18.0. The van der Waals surface area contributed by atoms with Crippen LogP contribution >= 0.6 is 11.8 Å². The monoisotopic (exact) mass is 351 g/mol. The normalized spacial score (nSPS) is 10.9. The summed E-state index contributed by atoms with van der Waals surface area (Å²) >= 11 is 1.43. The SMILES string of the molecule is Cc1ccc(C)c(C(=O)CSc2nnc(-c3ccccc3C)n2C)c1. The van der Waals surface area contributed by atoms with Crippen LogP contribution in [0.15, 0.2) is 47.6 Å². The molecule has 2 aromatic carbocycles. The molecule has 0 aliphatic heterocycles. The number of hydrogen-bond donors (Lipinski definition) is 0. The average molecular weight is 351 g/mol. The minimum absolute atomic E-state index is 0.117. The zero-order valence-electron chi connectivity index (χ0n) is 14.9. The third-order valence-electron chi connectivity index (χ3n) is 4.25. The average Bonchev–Trinajstić information content (AvgIpc) is 2.96. The number of benzene rings is 2. The number of thioether (sulfide) groups is 1. The number of aryl methyl sites for hydroxylation is 3. The standard InChI is InChI=1S/C20H21N3OS/c1-13-9-10-15(3)17(11-13)18(24)12-25-20-22-21-19(23(20)4)16-8-6-5-7-14(16)2/h5-11H,12H2,1-4H3. The van der Waals surface area contributed by atoms with Crippen molar-refractivity contribution >= 4 is 17.5 Å². The number of aromatic nitrogens is 3. The summed E-state index contributed by atoms with van der Waals surface area (Å²) in [6.45, 7) is 6.03. The quantitative estimate of drug-likeness (QED) is 0.505. The van der Waals surface area contributed by atoms with Crippen molar-refractivity contribution in [2.45, 2.75) is 25.9 Å². The van der Waals surface area contributed by atoms with Gasteiger partial charge < -0.3 is 4.57 Å². The second-order valence-electron chi connectivity index (χ2n) is 6.21. The number of nitrogens with zero attached hydrogens (tertiary/aromatic N) is 3. The van der Waals surface area contributed by atoms with Crippen molar-refractivity contribution in [1.82, 2.24) is 14.8 Å². The molecule has 1 heterocycles. The van der Waals surface area contributed by atoms with Gasteiger partial charge in [-0.2, -0.15) is 0 Å². The Morgan fingerprint density at radius 1 is 1.04 bits per heavy atom. The molecule has 0 aliphatic rings. The van der Waals surface area contributed by atoms with Crippen molar-refractivity contribution in [3.05, 3.63) is 64.7 Å². The van der Waals surface area contributed by atoms with Gasteiger partial charge in [-0.15, -0.1) is 10.2 Å². The van der Waals surface area contributed by atoms with Crippen LogP contribution in [-0.2, 0) is 7.05 Å². The van der Waals surface area contributed by atoms with Gasteiger partial charge in [0, 0.05) is 18.2 Å². The van der Waals surface area contributed by atoms with Crippen molar-refractivity contribution < 1.29 is 4.79 Å². The Labute approximate surface area is 152 Å². The van der Waals surface area contributed by atoms with Crippen LogP contribution in [0.2, 0.25) is 0 Å². The van der Waals surface area contributed by atoms with Gasteiger partial charge in [0.05, 0.1) is 5.75 Å². The number of hydrogen-bond acceptors (Lipinski definition) is 4. The minimum atomic E-state index is 0.117. The summed E-state index contributed by atoms with van der Waals surface area (Å²) in [5.74, 6) is 1.29. The Hall–Kier alpha value is -2.40. The Balaban J connectivity index is 1.78. The van der Waals surface area contributed by atoms with E-state index < -0.39 is 0 Å². The first-order valence-corrected chi connectivity index (χ1v) is 9.14. The maximum absolute atomic E-state index is 12.6. The van der Waals surface area contributed by atoms with Crippen LogP contribution in [0.4, 0.5) is 0 Å². The Bertz CT molecular complexity index is 930. The van der Waals surface area contributed by atoms with E-state index in [0.29, 0.717) is 5.75 Å². The fraction of sp³-hybridized carbons (Fsp3) is 0.250. The molecule has 0 radical (unpaired) electrons. The first-order chi connectivity index (χ1) is 12.0. The molecule has 0 unspecified atom stereocenters. The highest BCUT2D eigenvalue weighted by Crippen LogP contribution is 2.25. The molecule has 5 heteroatoms. The molecule has 128 valence electrons. The maximum Gasteiger partial charge on any atom is 0.191 e. The Kier molecular flexibility index (Phi) is 5.04. The fourth-order valence-corrected chi connectivity index (χ4v) is 3.54. The van der Waals surface area contributed by atoms with E-state index in [1.54, 1.807) is 0 Å². The van der Waals surface area contributed by atoms with Crippen LogP contribution in [0, 0.1) is 20.8 Å². The van der Waals surface area contributed by atoms with Crippen LogP contribution in [0.25, 0.3) is 11.4 Å². The van der Waals surface area contributed by atoms with E-state index in [-0.39, 0.29) is 5.78 Å². The van der Waals surface area contributed by atoms with Crippen LogP contribution in [0.3, 0.4) is 0 Å². The molecule has 0 N–H and O–H groups in total. The molecule has 0 saturated carbocycles. The predicted octanol–water partition coefficient (Wildman–Crippen LogP) is 4.38. The molecule has 25 heavy (non-hydrogen) atoms. The summed E-state index contributed by atoms with van der Waals surface area (Å²) < 4.78 is 1.95. The maximum atomic E-state index is 12.6. The van der Waals surface area contributed by atoms with E-state index in [1.165, 1.54) is 11.8 Å². The van der Waals surface area contributed by atoms with E-state index in [0.717, 1.165) is 38.8 Å². The molecule has 3 rings (SSSR count). The van der Waals surface area contributed by atoms with Gasteiger partial charge in [0.25, 0.3) is 0 Å². The van der Waals surface area contributed by atoms with E-state index in [2.05, 4.69) is 23.2 Å². The molecule has 0 bridgehead atoms. The topological polar surface area (TPSA) is 47.8 Å². The van der Waals surface area contributed by atoms with Crippen LogP contribution in [0.1, 0.15) is 27.0 Å². The molecule has 0 spiro atoms. The second-order valence-corrected chi connectivity index (χ2v) is 7.15. The molecule has 0 fully saturated rings. The van der Waals surface area contributed by atoms with Crippen LogP contribution in [0.5, 0.6) is 0 Å². The van der Waals surface area contributed by atoms with Crippen molar-refractivity contribution in [2.75, 3.05) is 5.75 Å². The zero-order valence-corrected chi connectivity index (χ0v) is 15.7. The van der Waals surface area contributed by atoms with Gasteiger partial charge in [-0.1, -0.05) is 53.7 Å². The first kappa shape index (κ1) is 17.4. The fourth-order valence-electron chi connectivity index (χ4n) is 2.74. The van der Waals surface area contributed by atoms with Crippen molar-refractivity contribution in [1.29, 1.82) is 0 Å². The second kappa shape index (κ2) is 7.23. The lowest BCUT2D eigenvalue weighted by Gasteiger charge is -2.07. The lowest BCUT2D eigenvalue weighted by molar-refractivity contribution is 0.102. The molecular weight excluding hydrogens is 330 g/mol. The van der Waals surface area contributed by atoms with Crippen molar-refractivity contribution in [3.8, 4) is 11.4 Å². The van der Waals surface area contributed by atoms with Crippen molar-refractivity contribution in [2.24, 2.45) is 7.05 Å². The number of carbonyl (C=O) groups excluding carboxylic acids is 1. The van der Waals surface area contributed by atoms with Crippen LogP contribution in [-0.4, -0.2) is 26.3 Å². The van der Waals surface area contributed by atoms with E-state index >= 15 is 0 Å². The Morgan fingerprint density at radius 3 is 2.56 bits per heavy atom. The summed E-state index contributed by atoms with van der Waals surface area (Å²) in [7, 11) is 1.94. The minimum Gasteiger partial charge on any atom is -0.305 e. The molecule has 0 atom stereocenters. The smallest absolute Gasteiger partial charge is 0.191 e. The third-order valence-corrected chi connectivity index (χ3v) is 5.27. The summed E-state index contributed by atoms with van der Waals surface area (Å²) in [6, 6.07) is 14.1. The molecule has 0 saturated heterocycles. The molecule has 3 aromatic rings. The van der Waals surface area contributed by atoms with Gasteiger partial charge in [0.2, 0.25) is 0 Å². The van der Waals surface area contributed by atoms with E-state index in [4.69, 9.17) is 0 Å². The number of rotatable bonds is 5. The van der Waals surface area contributed by atoms with Crippen LogP contribution < -0.4 is 0 Å². The molecule has 4 nitrogen and oxygen atoms in total. The van der Waals surface area contributed by atoms with Gasteiger partial charge in [0.1, 0.15) is 0 Å². The summed E-state index contributed by atoms with van der Waals surface area (Å²) in [6.07, 6.45) is 0. The van der Waals surface area contributed by atoms with Gasteiger partial charge in [0.15, 0.2) is 16.8 Å².